The molecule has 1 fully saturated rings. The molecule has 0 unspecified atom stereocenters. The molecule has 18 nitrogen and oxygen atoms in total. The van der Waals surface area contributed by atoms with Gasteiger partial charge in [-0.2, -0.15) is 0 Å². The molecule has 3 aromatic carbocycles. The molecule has 0 saturated carbocycles. The Labute approximate surface area is 413 Å². The SMILES string of the molecule is CCCCN(Cc1ccc(C(=O)NO)cc1)C(=O)Nc1ccc(OCCCn2cc(CCCCC(=O)N[C@H](C(=O)N3C[C@H](O)C[C@H]3C(=O)NCc3ccc(-c4scnc4C)cc3)C(C)(C)C)nn2)cc1. The van der Waals surface area contributed by atoms with Crippen LogP contribution in [0.1, 0.15) is 106 Å². The molecule has 5 aromatic rings. The minimum atomic E-state index is -0.902. The molecule has 0 spiro atoms. The predicted octanol–water partition coefficient (Wildman–Crippen LogP) is 6.65. The van der Waals surface area contributed by atoms with Gasteiger partial charge >= 0.3 is 6.03 Å². The zero-order valence-electron chi connectivity index (χ0n) is 40.6. The zero-order chi connectivity index (χ0) is 50.2. The van der Waals surface area contributed by atoms with Gasteiger partial charge in [0.05, 0.1) is 34.5 Å². The van der Waals surface area contributed by atoms with E-state index >= 15 is 0 Å². The lowest BCUT2D eigenvalue weighted by molar-refractivity contribution is -0.144. The summed E-state index contributed by atoms with van der Waals surface area (Å²) in [7, 11) is 0. The highest BCUT2D eigenvalue weighted by molar-refractivity contribution is 7.13. The maximum absolute atomic E-state index is 14.0. The van der Waals surface area contributed by atoms with Crippen LogP contribution in [-0.4, -0.2) is 108 Å². The van der Waals surface area contributed by atoms with E-state index in [9.17, 15) is 29.1 Å². The second-order valence-electron chi connectivity index (χ2n) is 18.7. The minimum Gasteiger partial charge on any atom is -0.494 e. The Kier molecular flexibility index (Phi) is 19.0. The van der Waals surface area contributed by atoms with Gasteiger partial charge in [0, 0.05) is 69.4 Å². The predicted molar refractivity (Wildman–Crippen MR) is 266 cm³/mol. The van der Waals surface area contributed by atoms with Crippen molar-refractivity contribution in [3.63, 3.8) is 0 Å². The smallest absolute Gasteiger partial charge is 0.322 e. The van der Waals surface area contributed by atoms with Crippen LogP contribution in [0, 0.1) is 12.3 Å². The summed E-state index contributed by atoms with van der Waals surface area (Å²) in [6.07, 6.45) is 5.66. The number of hydrogen-bond donors (Lipinski definition) is 6. The number of benzene rings is 3. The largest absolute Gasteiger partial charge is 0.494 e. The number of carbonyl (C=O) groups excluding carboxylic acids is 5. The first kappa shape index (κ1) is 52.7. The van der Waals surface area contributed by atoms with Crippen LogP contribution in [0.4, 0.5) is 10.5 Å². The molecule has 0 bridgehead atoms. The molecule has 0 aliphatic carbocycles. The summed E-state index contributed by atoms with van der Waals surface area (Å²) >= 11 is 1.57. The number of carbonyl (C=O) groups is 5. The van der Waals surface area contributed by atoms with E-state index in [1.165, 1.54) is 4.90 Å². The van der Waals surface area contributed by atoms with Crippen LogP contribution < -0.4 is 26.2 Å². The van der Waals surface area contributed by atoms with Crippen molar-refractivity contribution in [2.45, 2.75) is 124 Å². The number of nitrogens with one attached hydrogen (secondary N) is 4. The Hall–Kier alpha value is -6.70. The maximum Gasteiger partial charge on any atom is 0.322 e. The van der Waals surface area contributed by atoms with Gasteiger partial charge in [0.25, 0.3) is 5.91 Å². The molecule has 0 radical (unpaired) electrons. The molecule has 374 valence electrons. The molecule has 3 atom stereocenters. The number of aryl methyl sites for hydroxylation is 3. The van der Waals surface area contributed by atoms with Crippen molar-refractivity contribution in [2.24, 2.45) is 5.41 Å². The summed E-state index contributed by atoms with van der Waals surface area (Å²) in [4.78, 5) is 74.2. The first-order chi connectivity index (χ1) is 33.6. The Bertz CT molecular complexity index is 2510. The number of aliphatic hydroxyl groups is 1. The van der Waals surface area contributed by atoms with Crippen LogP contribution >= 0.6 is 11.3 Å². The number of thiazole rings is 1. The summed E-state index contributed by atoms with van der Waals surface area (Å²) in [5.74, 6) is -0.961. The molecule has 3 heterocycles. The highest BCUT2D eigenvalue weighted by Crippen LogP contribution is 2.29. The van der Waals surface area contributed by atoms with Gasteiger partial charge in [-0.05, 0) is 91.1 Å². The number of likely N-dealkylation sites (tertiary alicyclic amines) is 1. The number of β-amino-alcohol motifs (C(OH)–C–C–N with tert-alkyl or cyclic N) is 1. The molecule has 1 aliphatic heterocycles. The monoisotopic (exact) mass is 978 g/mol. The van der Waals surface area contributed by atoms with Crippen molar-refractivity contribution in [3.8, 4) is 16.2 Å². The number of anilines is 1. The summed E-state index contributed by atoms with van der Waals surface area (Å²) < 4.78 is 7.71. The third kappa shape index (κ3) is 15.1. The Morgan fingerprint density at radius 3 is 2.34 bits per heavy atom. The van der Waals surface area contributed by atoms with Gasteiger partial charge in [0.2, 0.25) is 17.7 Å². The molecule has 6 rings (SSSR count). The molecule has 70 heavy (non-hydrogen) atoms. The number of urea groups is 1. The topological polar surface area (TPSA) is 233 Å². The molecular weight excluding hydrogens is 913 g/mol. The first-order valence-corrected chi connectivity index (χ1v) is 24.8. The lowest BCUT2D eigenvalue weighted by atomic mass is 9.85. The van der Waals surface area contributed by atoms with Gasteiger partial charge < -0.3 is 35.6 Å². The molecule has 1 aliphatic rings. The zero-order valence-corrected chi connectivity index (χ0v) is 41.5. The van der Waals surface area contributed by atoms with Gasteiger partial charge in [0.15, 0.2) is 0 Å². The summed E-state index contributed by atoms with van der Waals surface area (Å²) in [6.45, 7) is 11.8. The fraction of sp³-hybridized carbons (Fsp3) is 0.451. The van der Waals surface area contributed by atoms with E-state index in [-0.39, 0.29) is 43.8 Å². The second kappa shape index (κ2) is 25.2. The molecule has 6 N–H and O–H groups in total. The average Bonchev–Trinajstić information content (AvgIpc) is 4.11. The van der Waals surface area contributed by atoms with Crippen molar-refractivity contribution in [3.05, 3.63) is 113 Å². The number of hydroxylamine groups is 1. The van der Waals surface area contributed by atoms with Gasteiger partial charge in [-0.3, -0.25) is 29.1 Å². The van der Waals surface area contributed by atoms with Crippen molar-refractivity contribution in [2.75, 3.05) is 25.0 Å². The first-order valence-electron chi connectivity index (χ1n) is 23.9. The van der Waals surface area contributed by atoms with Crippen LogP contribution in [-0.2, 0) is 40.4 Å². The van der Waals surface area contributed by atoms with Crippen LogP contribution in [0.25, 0.3) is 10.4 Å². The van der Waals surface area contributed by atoms with E-state index in [0.29, 0.717) is 68.9 Å². The summed E-state index contributed by atoms with van der Waals surface area (Å²) in [5, 5.41) is 36.9. The Morgan fingerprint density at radius 2 is 1.67 bits per heavy atom. The third-order valence-corrected chi connectivity index (χ3v) is 13.0. The van der Waals surface area contributed by atoms with E-state index in [1.54, 1.807) is 74.9 Å². The van der Waals surface area contributed by atoms with Crippen molar-refractivity contribution in [1.82, 2.24) is 45.9 Å². The van der Waals surface area contributed by atoms with Gasteiger partial charge in [-0.25, -0.2) is 15.3 Å². The molecular formula is C51H66N10O8S. The van der Waals surface area contributed by atoms with Gasteiger partial charge in [-0.1, -0.05) is 75.7 Å². The highest BCUT2D eigenvalue weighted by Gasteiger charge is 2.44. The molecule has 6 amide bonds. The Morgan fingerprint density at radius 1 is 0.943 bits per heavy atom. The van der Waals surface area contributed by atoms with Gasteiger partial charge in [-0.15, -0.1) is 16.4 Å². The molecule has 2 aromatic heterocycles. The minimum absolute atomic E-state index is 0.00364. The summed E-state index contributed by atoms with van der Waals surface area (Å²) in [6, 6.07) is 19.8. The fourth-order valence-corrected chi connectivity index (χ4v) is 8.88. The fourth-order valence-electron chi connectivity index (χ4n) is 8.07. The van der Waals surface area contributed by atoms with Crippen LogP contribution in [0.2, 0.25) is 0 Å². The van der Waals surface area contributed by atoms with E-state index < -0.39 is 35.4 Å². The number of hydrogen-bond acceptors (Lipinski definition) is 12. The standard InChI is InChI=1S/C51H66N10O8S/c1-6-7-25-59(30-36-15-19-38(20-16-36)47(64)57-68)50(67)54-39-21-23-42(24-22-39)69-27-10-26-60-31-40(56-58-60)11-8-9-12-44(63)55-46(51(3,4)5)49(66)61-32-41(62)28-43(61)48(65)52-29-35-13-17-37(18-14-35)45-34(2)53-33-70-45/h13-24,31,33,41,43,46,62,68H,6-12,25-30,32H2,1-5H3,(H,52,65)(H,54,67)(H,55,63)(H,57,64)/t41-,43+,46-/m1/s1. The summed E-state index contributed by atoms with van der Waals surface area (Å²) in [5.41, 5.74) is 8.29. The van der Waals surface area contributed by atoms with E-state index in [0.717, 1.165) is 45.8 Å². The number of aliphatic hydroxyl groups excluding tert-OH is 1. The molecule has 1 saturated heterocycles. The number of aromatic nitrogens is 4. The van der Waals surface area contributed by atoms with E-state index in [1.807, 2.05) is 63.7 Å². The van der Waals surface area contributed by atoms with Crippen LogP contribution in [0.3, 0.4) is 0 Å². The average molecular weight is 979 g/mol. The normalized spacial score (nSPS) is 15.0. The van der Waals surface area contributed by atoms with E-state index in [4.69, 9.17) is 9.94 Å². The lowest BCUT2D eigenvalue weighted by Crippen LogP contribution is -2.57. The third-order valence-electron chi connectivity index (χ3n) is 12.1. The number of rotatable bonds is 23. The number of ether oxygens (including phenoxy) is 1. The second-order valence-corrected chi connectivity index (χ2v) is 19.5. The van der Waals surface area contributed by atoms with Crippen LogP contribution in [0.5, 0.6) is 5.75 Å². The van der Waals surface area contributed by atoms with Crippen molar-refractivity contribution in [1.29, 1.82) is 0 Å². The van der Waals surface area contributed by atoms with Gasteiger partial charge in [0.1, 0.15) is 17.8 Å². The number of amides is 6. The maximum atomic E-state index is 14.0. The molecule has 19 heteroatoms. The number of nitrogens with zero attached hydrogens (tertiary/aromatic N) is 6. The van der Waals surface area contributed by atoms with E-state index in [2.05, 4.69) is 38.2 Å². The van der Waals surface area contributed by atoms with Crippen LogP contribution in [0.15, 0.2) is 84.5 Å². The Balaban J connectivity index is 0.884. The lowest BCUT2D eigenvalue weighted by Gasteiger charge is -2.35. The quantitative estimate of drug-likeness (QED) is 0.0230. The van der Waals surface area contributed by atoms with Crippen molar-refractivity contribution < 1.29 is 39.0 Å². The number of unbranched alkanes of at least 4 members (excludes halogenated alkanes) is 2. The van der Waals surface area contributed by atoms with Crippen molar-refractivity contribution >= 4 is 46.7 Å². The highest BCUT2D eigenvalue weighted by atomic mass is 32.1.